The number of rotatable bonds is 13. The van der Waals surface area contributed by atoms with Gasteiger partial charge in [-0.3, -0.25) is 0 Å². The largest absolute Gasteiger partial charge is 0.573 e. The molecule has 0 saturated heterocycles. The van der Waals surface area contributed by atoms with Gasteiger partial charge < -0.3 is 24.4 Å². The normalized spacial score (nSPS) is 12.1. The number of nitrogens with one attached hydrogen (secondary N) is 1. The van der Waals surface area contributed by atoms with Gasteiger partial charge in [0.05, 0.1) is 36.3 Å². The molecule has 1 heterocycles. The van der Waals surface area contributed by atoms with E-state index in [0.29, 0.717) is 56.7 Å². The average molecular weight is 741 g/mol. The van der Waals surface area contributed by atoms with Crippen LogP contribution in [0.15, 0.2) is 30.5 Å². The van der Waals surface area contributed by atoms with Crippen LogP contribution in [0, 0.1) is 23.0 Å². The van der Waals surface area contributed by atoms with E-state index < -0.39 is 35.4 Å². The van der Waals surface area contributed by atoms with Gasteiger partial charge in [-0.05, 0) is 85.5 Å². The van der Waals surface area contributed by atoms with Crippen molar-refractivity contribution in [1.82, 2.24) is 14.5 Å². The number of ether oxygens (including phenoxy) is 3. The summed E-state index contributed by atoms with van der Waals surface area (Å²) in [6.45, 7) is 6.00. The maximum atomic E-state index is 14.2. The van der Waals surface area contributed by atoms with Gasteiger partial charge in [0.2, 0.25) is 5.75 Å². The number of hydrogen-bond donors (Lipinski definition) is 1. The summed E-state index contributed by atoms with van der Waals surface area (Å²) < 4.78 is 82.2. The van der Waals surface area contributed by atoms with Crippen molar-refractivity contribution < 1.29 is 41.0 Å². The molecule has 0 radical (unpaired) electrons. The molecule has 1 aromatic heterocycles. The highest BCUT2D eigenvalue weighted by Gasteiger charge is 2.34. The van der Waals surface area contributed by atoms with E-state index in [-0.39, 0.29) is 18.7 Å². The molecule has 3 rings (SSSR count). The number of hydrogen-bond acceptors (Lipinski definition) is 7. The molecule has 0 aliphatic carbocycles. The fourth-order valence-electron chi connectivity index (χ4n) is 3.97. The standard InChI is InChI=1S/C27H30F5IN5O4P/c1-26(2,3)42-25(39)37(16-18-10-20(28)24(21(29)11-18)41-27(30,31)32)7-4-5-8-40-9-6-35-22-12-17(14-34)13-23-19(22)15-36-38(23)43-33/h10-13,15,35,43H,4-9,16H2,1-3H3. The highest BCUT2D eigenvalue weighted by molar-refractivity contribution is 14.2. The molecule has 1 N–H and O–H groups in total. The number of nitriles is 1. The summed E-state index contributed by atoms with van der Waals surface area (Å²) in [6.07, 6.45) is -2.88. The van der Waals surface area contributed by atoms with Crippen LogP contribution in [0.5, 0.6) is 5.75 Å². The smallest absolute Gasteiger partial charge is 0.444 e. The van der Waals surface area contributed by atoms with E-state index in [0.717, 1.165) is 16.6 Å². The number of alkyl halides is 3. The van der Waals surface area contributed by atoms with Gasteiger partial charge in [0.15, 0.2) is 11.6 Å². The Morgan fingerprint density at radius 2 is 1.84 bits per heavy atom. The molecule has 1 unspecified atom stereocenters. The Bertz CT molecular complexity index is 1440. The first-order valence-electron chi connectivity index (χ1n) is 13.0. The lowest BCUT2D eigenvalue weighted by Gasteiger charge is -2.27. The average Bonchev–Trinajstić information content (AvgIpc) is 3.33. The number of benzene rings is 2. The highest BCUT2D eigenvalue weighted by Crippen LogP contribution is 2.33. The summed E-state index contributed by atoms with van der Waals surface area (Å²) in [5.74, 6) is -4.65. The third-order valence-corrected chi connectivity index (χ3v) is 7.61. The molecule has 16 heteroatoms. The van der Waals surface area contributed by atoms with E-state index in [2.05, 4.69) is 43.3 Å². The number of carbonyl (C=O) groups is 1. The number of aromatic nitrogens is 2. The number of amides is 1. The van der Waals surface area contributed by atoms with Crippen LogP contribution in [-0.2, 0) is 16.0 Å². The third kappa shape index (κ3) is 10.6. The molecule has 2 aromatic carbocycles. The molecular formula is C27H30F5IN5O4P. The summed E-state index contributed by atoms with van der Waals surface area (Å²) in [4.78, 5) is 14.0. The molecule has 234 valence electrons. The predicted molar refractivity (Wildman–Crippen MR) is 160 cm³/mol. The van der Waals surface area contributed by atoms with Gasteiger partial charge >= 0.3 is 12.5 Å². The number of anilines is 1. The van der Waals surface area contributed by atoms with E-state index >= 15 is 0 Å². The summed E-state index contributed by atoms with van der Waals surface area (Å²) in [7, 11) is 0. The second kappa shape index (κ2) is 15.2. The SMILES string of the molecule is CC(C)(C)OC(=O)N(CCCCOCCNc1cc(C#N)cc2c1cnn2PI)Cc1cc(F)c(OC(F)(F)F)c(F)c1. The molecule has 0 fully saturated rings. The summed E-state index contributed by atoms with van der Waals surface area (Å²) in [5, 5.41) is 17.9. The van der Waals surface area contributed by atoms with Crippen molar-refractivity contribution in [2.75, 3.05) is 31.6 Å². The lowest BCUT2D eigenvalue weighted by molar-refractivity contribution is -0.276. The van der Waals surface area contributed by atoms with Crippen molar-refractivity contribution in [3.63, 3.8) is 0 Å². The van der Waals surface area contributed by atoms with Crippen LogP contribution in [0.2, 0.25) is 0 Å². The molecule has 0 bridgehead atoms. The minimum Gasteiger partial charge on any atom is -0.444 e. The first-order valence-corrected chi connectivity index (χ1v) is 17.1. The first-order chi connectivity index (χ1) is 20.2. The van der Waals surface area contributed by atoms with E-state index in [1.807, 2.05) is 4.45 Å². The quantitative estimate of drug-likeness (QED) is 0.0838. The molecule has 0 aliphatic heterocycles. The minimum absolute atomic E-state index is 0.0724. The van der Waals surface area contributed by atoms with Crippen LogP contribution < -0.4 is 10.1 Å². The lowest BCUT2D eigenvalue weighted by Crippen LogP contribution is -2.37. The Labute approximate surface area is 259 Å². The molecule has 0 aliphatic rings. The van der Waals surface area contributed by atoms with Crippen molar-refractivity contribution in [2.24, 2.45) is 0 Å². The van der Waals surface area contributed by atoms with Gasteiger partial charge in [-0.2, -0.15) is 10.4 Å². The maximum absolute atomic E-state index is 14.2. The Kier molecular flexibility index (Phi) is 12.2. The molecule has 9 nitrogen and oxygen atoms in total. The van der Waals surface area contributed by atoms with Crippen LogP contribution in [0.3, 0.4) is 0 Å². The molecule has 0 spiro atoms. The van der Waals surface area contributed by atoms with E-state index in [1.165, 1.54) is 4.90 Å². The summed E-state index contributed by atoms with van der Waals surface area (Å²) in [6, 6.07) is 7.07. The summed E-state index contributed by atoms with van der Waals surface area (Å²) in [5.41, 5.74) is 1.23. The fraction of sp³-hybridized carbons (Fsp3) is 0.444. The Morgan fingerprint density at radius 3 is 2.44 bits per heavy atom. The molecule has 1 amide bonds. The monoisotopic (exact) mass is 741 g/mol. The van der Waals surface area contributed by atoms with Crippen molar-refractivity contribution in [2.45, 2.75) is 52.1 Å². The molecule has 43 heavy (non-hydrogen) atoms. The van der Waals surface area contributed by atoms with Crippen LogP contribution in [0.1, 0.15) is 44.7 Å². The van der Waals surface area contributed by atoms with Crippen molar-refractivity contribution >= 4 is 51.1 Å². The van der Waals surface area contributed by atoms with Crippen LogP contribution >= 0.6 is 28.4 Å². The van der Waals surface area contributed by atoms with Gasteiger partial charge in [0, 0.05) is 37.3 Å². The lowest BCUT2D eigenvalue weighted by atomic mass is 10.1. The third-order valence-electron chi connectivity index (χ3n) is 5.73. The molecular weight excluding hydrogens is 711 g/mol. The fourth-order valence-corrected chi connectivity index (χ4v) is 5.50. The van der Waals surface area contributed by atoms with Gasteiger partial charge in [0.1, 0.15) is 5.60 Å². The van der Waals surface area contributed by atoms with Gasteiger partial charge in [-0.25, -0.2) is 18.0 Å². The van der Waals surface area contributed by atoms with Crippen LogP contribution in [-0.4, -0.2) is 58.8 Å². The Balaban J connectivity index is 1.52. The van der Waals surface area contributed by atoms with Crippen molar-refractivity contribution in [1.29, 1.82) is 5.26 Å². The highest BCUT2D eigenvalue weighted by atomic mass is 127. The number of carbonyl (C=O) groups excluding carboxylic acids is 1. The predicted octanol–water partition coefficient (Wildman–Crippen LogP) is 7.52. The van der Waals surface area contributed by atoms with E-state index in [1.54, 1.807) is 39.1 Å². The zero-order valence-electron chi connectivity index (χ0n) is 23.5. The van der Waals surface area contributed by atoms with Gasteiger partial charge in [-0.1, -0.05) is 0 Å². The van der Waals surface area contributed by atoms with Gasteiger partial charge in [-0.15, -0.1) is 13.2 Å². The summed E-state index contributed by atoms with van der Waals surface area (Å²) >= 11 is 2.22. The second-order valence-corrected chi connectivity index (χ2v) is 12.3. The maximum Gasteiger partial charge on any atom is 0.573 e. The Hall–Kier alpha value is -2.96. The van der Waals surface area contributed by atoms with Gasteiger partial charge in [0.25, 0.3) is 0 Å². The first kappa shape index (κ1) is 34.5. The second-order valence-electron chi connectivity index (χ2n) is 10.3. The number of fused-ring (bicyclic) bond motifs is 1. The van der Waals surface area contributed by atoms with E-state index in [9.17, 15) is 32.0 Å². The Morgan fingerprint density at radius 1 is 1.14 bits per heavy atom. The number of nitrogens with zero attached hydrogens (tertiary/aromatic N) is 4. The number of unbranched alkanes of at least 4 members (excludes halogenated alkanes) is 1. The molecule has 1 atom stereocenters. The zero-order chi connectivity index (χ0) is 31.8. The number of halogens is 6. The molecule has 0 saturated carbocycles. The van der Waals surface area contributed by atoms with Crippen molar-refractivity contribution in [3.05, 3.63) is 53.2 Å². The zero-order valence-corrected chi connectivity index (χ0v) is 26.7. The topological polar surface area (TPSA) is 102 Å². The van der Waals surface area contributed by atoms with Crippen LogP contribution in [0.4, 0.5) is 32.4 Å². The van der Waals surface area contributed by atoms with Crippen molar-refractivity contribution in [3.8, 4) is 11.8 Å². The minimum atomic E-state index is -5.27. The van der Waals surface area contributed by atoms with E-state index in [4.69, 9.17) is 9.47 Å². The van der Waals surface area contributed by atoms with Crippen LogP contribution in [0.25, 0.3) is 10.9 Å². The molecule has 3 aromatic rings.